The van der Waals surface area contributed by atoms with E-state index in [4.69, 9.17) is 9.57 Å². The number of rotatable bonds is 13. The molecule has 0 aliphatic carbocycles. The molecular weight excluding hydrogens is 338 g/mol. The Balaban J connectivity index is 1.70. The zero-order valence-corrected chi connectivity index (χ0v) is 16.0. The van der Waals surface area contributed by atoms with Crippen molar-refractivity contribution < 1.29 is 14.4 Å². The quantitative estimate of drug-likeness (QED) is 0.269. The first-order valence-electron chi connectivity index (χ1n) is 9.68. The van der Waals surface area contributed by atoms with Crippen molar-refractivity contribution in [3.05, 3.63) is 65.7 Å². The maximum absolute atomic E-state index is 11.0. The Labute approximate surface area is 162 Å². The van der Waals surface area contributed by atoms with Crippen LogP contribution >= 0.6 is 0 Å². The molecule has 4 nitrogen and oxygen atoms in total. The lowest BCUT2D eigenvalue weighted by Gasteiger charge is -2.07. The normalized spacial score (nSPS) is 11.2. The second kappa shape index (κ2) is 12.7. The third kappa shape index (κ3) is 8.07. The molecule has 4 heteroatoms. The summed E-state index contributed by atoms with van der Waals surface area (Å²) in [7, 11) is 0. The molecule has 2 rings (SSSR count). The molecule has 0 unspecified atom stereocenters. The van der Waals surface area contributed by atoms with Gasteiger partial charge in [-0.3, -0.25) is 4.79 Å². The van der Waals surface area contributed by atoms with Crippen molar-refractivity contribution in [2.45, 2.75) is 52.1 Å². The topological polar surface area (TPSA) is 47.9 Å². The summed E-state index contributed by atoms with van der Waals surface area (Å²) in [6.45, 7) is 3.27. The maximum Gasteiger partial charge on any atom is 0.257 e. The highest BCUT2D eigenvalue weighted by atomic mass is 16.6. The van der Waals surface area contributed by atoms with E-state index in [2.05, 4.69) is 12.1 Å². The van der Waals surface area contributed by atoms with E-state index in [1.807, 2.05) is 48.8 Å². The van der Waals surface area contributed by atoms with E-state index in [-0.39, 0.29) is 12.3 Å². The van der Waals surface area contributed by atoms with Gasteiger partial charge in [0.1, 0.15) is 12.4 Å². The molecular formula is C23H28NO3. The monoisotopic (exact) mass is 366 g/mol. The van der Waals surface area contributed by atoms with Gasteiger partial charge in [-0.15, -0.1) is 0 Å². The van der Waals surface area contributed by atoms with Crippen molar-refractivity contribution in [1.29, 1.82) is 0 Å². The molecule has 2 aromatic rings. The minimum Gasteiger partial charge on any atom is -0.494 e. The molecule has 1 radical (unpaired) electrons. The van der Waals surface area contributed by atoms with Gasteiger partial charge in [-0.1, -0.05) is 86.6 Å². The van der Waals surface area contributed by atoms with Gasteiger partial charge in [-0.25, -0.2) is 0 Å². The Morgan fingerprint density at radius 2 is 1.63 bits per heavy atom. The second-order valence-corrected chi connectivity index (χ2v) is 6.44. The third-order valence-electron chi connectivity index (χ3n) is 4.22. The third-order valence-corrected chi connectivity index (χ3v) is 4.22. The fourth-order valence-corrected chi connectivity index (χ4v) is 2.65. The van der Waals surface area contributed by atoms with Gasteiger partial charge >= 0.3 is 0 Å². The summed E-state index contributed by atoms with van der Waals surface area (Å²) in [6.07, 6.45) is 9.34. The molecule has 0 amide bonds. The van der Waals surface area contributed by atoms with Gasteiger partial charge in [0.05, 0.1) is 6.61 Å². The highest BCUT2D eigenvalue weighted by molar-refractivity contribution is 6.36. The summed E-state index contributed by atoms with van der Waals surface area (Å²) >= 11 is 0. The van der Waals surface area contributed by atoms with Gasteiger partial charge < -0.3 is 9.57 Å². The van der Waals surface area contributed by atoms with E-state index < -0.39 is 0 Å². The standard InChI is InChI=1S/C23H28NO3/c1-2-3-4-5-6-10-17-26-22-15-13-20(14-16-22)19-27-24-23(18-25)21-11-8-7-9-12-21/h7-9,11-16H,2-6,10,17,19H2,1H3. The average molecular weight is 366 g/mol. The van der Waals surface area contributed by atoms with Crippen LogP contribution in [0.4, 0.5) is 0 Å². The maximum atomic E-state index is 11.0. The molecule has 0 spiro atoms. The van der Waals surface area contributed by atoms with Gasteiger partial charge in [0.25, 0.3) is 6.29 Å². The minimum absolute atomic E-state index is 0.162. The van der Waals surface area contributed by atoms with Gasteiger partial charge in [-0.05, 0) is 24.1 Å². The number of hydrogen-bond acceptors (Lipinski definition) is 4. The molecule has 0 aliphatic heterocycles. The highest BCUT2D eigenvalue weighted by Crippen LogP contribution is 2.14. The van der Waals surface area contributed by atoms with Crippen LogP contribution in [0.2, 0.25) is 0 Å². The van der Waals surface area contributed by atoms with Crippen LogP contribution in [0.15, 0.2) is 59.8 Å². The highest BCUT2D eigenvalue weighted by Gasteiger charge is 2.03. The molecule has 0 bridgehead atoms. The molecule has 2 aromatic carbocycles. The average Bonchev–Trinajstić information content (AvgIpc) is 2.72. The fourth-order valence-electron chi connectivity index (χ4n) is 2.65. The Kier molecular flexibility index (Phi) is 9.72. The molecule has 0 aliphatic rings. The minimum atomic E-state index is 0.162. The first kappa shape index (κ1) is 20.7. The van der Waals surface area contributed by atoms with Crippen LogP contribution < -0.4 is 4.74 Å². The van der Waals surface area contributed by atoms with E-state index >= 15 is 0 Å². The largest absolute Gasteiger partial charge is 0.494 e. The number of hydrogen-bond donors (Lipinski definition) is 0. The Hall–Kier alpha value is -2.62. The zero-order chi connectivity index (χ0) is 19.2. The Morgan fingerprint density at radius 1 is 0.926 bits per heavy atom. The summed E-state index contributed by atoms with van der Waals surface area (Å²) in [5.74, 6) is 0.863. The van der Waals surface area contributed by atoms with Gasteiger partial charge in [0, 0.05) is 5.56 Å². The second-order valence-electron chi connectivity index (χ2n) is 6.44. The number of oxime groups is 1. The first-order chi connectivity index (χ1) is 13.3. The number of unbranched alkanes of at least 4 members (excludes halogenated alkanes) is 5. The van der Waals surface area contributed by atoms with Crippen LogP contribution in [0.5, 0.6) is 5.75 Å². The van der Waals surface area contributed by atoms with E-state index in [1.165, 1.54) is 32.1 Å². The van der Waals surface area contributed by atoms with Crippen LogP contribution in [0.3, 0.4) is 0 Å². The van der Waals surface area contributed by atoms with Gasteiger partial charge in [0.15, 0.2) is 5.71 Å². The summed E-state index contributed by atoms with van der Waals surface area (Å²) in [4.78, 5) is 16.3. The first-order valence-corrected chi connectivity index (χ1v) is 9.68. The van der Waals surface area contributed by atoms with Gasteiger partial charge in [0.2, 0.25) is 0 Å². The lowest BCUT2D eigenvalue weighted by atomic mass is 10.1. The van der Waals surface area contributed by atoms with Crippen molar-refractivity contribution in [3.63, 3.8) is 0 Å². The number of nitrogens with zero attached hydrogens (tertiary/aromatic N) is 1. The van der Waals surface area contributed by atoms with Crippen molar-refractivity contribution >= 4 is 12.0 Å². The Bertz CT molecular complexity index is 681. The van der Waals surface area contributed by atoms with Crippen LogP contribution in [0.25, 0.3) is 0 Å². The fraction of sp³-hybridized carbons (Fsp3) is 0.391. The van der Waals surface area contributed by atoms with Crippen molar-refractivity contribution in [3.8, 4) is 5.75 Å². The lowest BCUT2D eigenvalue weighted by molar-refractivity contribution is 0.131. The van der Waals surface area contributed by atoms with E-state index in [0.29, 0.717) is 5.56 Å². The lowest BCUT2D eigenvalue weighted by Crippen LogP contribution is -2.03. The van der Waals surface area contributed by atoms with E-state index in [9.17, 15) is 4.79 Å². The van der Waals surface area contributed by atoms with Crippen LogP contribution in [-0.4, -0.2) is 18.6 Å². The molecule has 143 valence electrons. The molecule has 0 fully saturated rings. The molecule has 0 N–H and O–H groups in total. The van der Waals surface area contributed by atoms with E-state index in [1.54, 1.807) is 12.1 Å². The molecule has 0 aromatic heterocycles. The summed E-state index contributed by atoms with van der Waals surface area (Å²) in [5.41, 5.74) is 1.81. The predicted octanol–water partition coefficient (Wildman–Crippen LogP) is 5.46. The number of ether oxygens (including phenoxy) is 1. The van der Waals surface area contributed by atoms with Crippen molar-refractivity contribution in [1.82, 2.24) is 0 Å². The predicted molar refractivity (Wildman–Crippen MR) is 109 cm³/mol. The molecule has 0 saturated carbocycles. The Morgan fingerprint density at radius 3 is 2.33 bits per heavy atom. The van der Waals surface area contributed by atoms with E-state index in [0.717, 1.165) is 24.3 Å². The zero-order valence-electron chi connectivity index (χ0n) is 16.0. The SMILES string of the molecule is CCCCCCCCOc1ccc(CON=C([C]=O)c2ccccc2)cc1. The number of carbonyl (C=O) groups excluding carboxylic acids is 1. The molecule has 27 heavy (non-hydrogen) atoms. The van der Waals surface area contributed by atoms with Crippen molar-refractivity contribution in [2.75, 3.05) is 6.61 Å². The molecule has 0 atom stereocenters. The summed E-state index contributed by atoms with van der Waals surface area (Å²) in [6, 6.07) is 16.9. The van der Waals surface area contributed by atoms with Crippen molar-refractivity contribution in [2.24, 2.45) is 5.16 Å². The number of benzene rings is 2. The van der Waals surface area contributed by atoms with Crippen LogP contribution in [-0.2, 0) is 16.2 Å². The van der Waals surface area contributed by atoms with Gasteiger partial charge in [-0.2, -0.15) is 0 Å². The van der Waals surface area contributed by atoms with Crippen LogP contribution in [0, 0.1) is 0 Å². The summed E-state index contributed by atoms with van der Waals surface area (Å²) < 4.78 is 5.77. The molecule has 0 heterocycles. The molecule has 0 saturated heterocycles. The van der Waals surface area contributed by atoms with Crippen LogP contribution in [0.1, 0.15) is 56.6 Å². The smallest absolute Gasteiger partial charge is 0.257 e. The summed E-state index contributed by atoms with van der Waals surface area (Å²) in [5, 5.41) is 3.88.